The lowest BCUT2D eigenvalue weighted by Crippen LogP contribution is -2.54. The zero-order valence-electron chi connectivity index (χ0n) is 14.3. The molecule has 132 valence electrons. The highest BCUT2D eigenvalue weighted by molar-refractivity contribution is 7.99. The van der Waals surface area contributed by atoms with Gasteiger partial charge in [0, 0.05) is 24.0 Å². The molecule has 0 aliphatic carbocycles. The number of carbonyl (C=O) groups is 1. The standard InChI is InChI=1S/C18H21ClN4OS/c1-18(2)11-23(10-9-15(18)20)17(24)13-7-8-16(22-21-13)25-14-6-4-3-5-12(14)19/h3-8,15H,9-11,20H2,1-2H3. The monoisotopic (exact) mass is 376 g/mol. The zero-order valence-corrected chi connectivity index (χ0v) is 15.8. The Morgan fingerprint density at radius 3 is 2.68 bits per heavy atom. The molecular formula is C18H21ClN4OS. The van der Waals surface area contributed by atoms with Gasteiger partial charge >= 0.3 is 0 Å². The molecule has 7 heteroatoms. The molecule has 0 bridgehead atoms. The van der Waals surface area contributed by atoms with Crippen LogP contribution in [0.1, 0.15) is 30.8 Å². The van der Waals surface area contributed by atoms with Crippen LogP contribution in [0.3, 0.4) is 0 Å². The Kier molecular flexibility index (Phi) is 5.32. The fourth-order valence-electron chi connectivity index (χ4n) is 2.84. The highest BCUT2D eigenvalue weighted by Crippen LogP contribution is 2.32. The van der Waals surface area contributed by atoms with E-state index >= 15 is 0 Å². The lowest BCUT2D eigenvalue weighted by molar-refractivity contribution is 0.0526. The van der Waals surface area contributed by atoms with Crippen molar-refractivity contribution in [1.82, 2.24) is 15.1 Å². The molecule has 1 saturated heterocycles. The van der Waals surface area contributed by atoms with E-state index in [0.717, 1.165) is 11.3 Å². The molecule has 1 aliphatic heterocycles. The van der Waals surface area contributed by atoms with E-state index in [0.29, 0.717) is 28.8 Å². The van der Waals surface area contributed by atoms with Gasteiger partial charge in [0.15, 0.2) is 5.69 Å². The minimum atomic E-state index is -0.0960. The lowest BCUT2D eigenvalue weighted by Gasteiger charge is -2.42. The van der Waals surface area contributed by atoms with Crippen LogP contribution in [-0.4, -0.2) is 40.1 Å². The number of likely N-dealkylation sites (tertiary alicyclic amines) is 1. The topological polar surface area (TPSA) is 72.1 Å². The first kappa shape index (κ1) is 18.2. The Bertz CT molecular complexity index is 766. The molecule has 0 saturated carbocycles. The number of amides is 1. The van der Waals surface area contributed by atoms with Crippen molar-refractivity contribution in [2.75, 3.05) is 13.1 Å². The van der Waals surface area contributed by atoms with Crippen molar-refractivity contribution in [3.05, 3.63) is 47.1 Å². The predicted octanol–water partition coefficient (Wildman–Crippen LogP) is 3.48. The summed E-state index contributed by atoms with van der Waals surface area (Å²) in [6.07, 6.45) is 0.798. The van der Waals surface area contributed by atoms with Crippen LogP contribution in [-0.2, 0) is 0 Å². The summed E-state index contributed by atoms with van der Waals surface area (Å²) in [5, 5.41) is 9.64. The summed E-state index contributed by atoms with van der Waals surface area (Å²) in [4.78, 5) is 15.4. The van der Waals surface area contributed by atoms with E-state index in [-0.39, 0.29) is 17.4 Å². The van der Waals surface area contributed by atoms with Gasteiger partial charge in [-0.25, -0.2) is 0 Å². The summed E-state index contributed by atoms with van der Waals surface area (Å²) in [5.41, 5.74) is 6.40. The number of nitrogens with two attached hydrogens (primary N) is 1. The molecule has 2 aromatic rings. The van der Waals surface area contributed by atoms with Crippen LogP contribution in [0.5, 0.6) is 0 Å². The second-order valence-corrected chi connectivity index (χ2v) is 8.37. The number of hydrogen-bond acceptors (Lipinski definition) is 5. The Balaban J connectivity index is 1.70. The molecule has 25 heavy (non-hydrogen) atoms. The van der Waals surface area contributed by atoms with Crippen molar-refractivity contribution in [3.63, 3.8) is 0 Å². The van der Waals surface area contributed by atoms with Gasteiger partial charge in [0.1, 0.15) is 5.03 Å². The highest BCUT2D eigenvalue weighted by atomic mass is 35.5. The molecule has 1 aromatic heterocycles. The van der Waals surface area contributed by atoms with Gasteiger partial charge in [0.25, 0.3) is 5.91 Å². The van der Waals surface area contributed by atoms with Crippen LogP contribution in [0.25, 0.3) is 0 Å². The largest absolute Gasteiger partial charge is 0.337 e. The summed E-state index contributed by atoms with van der Waals surface area (Å²) >= 11 is 7.58. The first-order valence-corrected chi connectivity index (χ1v) is 9.37. The average molecular weight is 377 g/mol. The lowest BCUT2D eigenvalue weighted by atomic mass is 9.79. The first-order valence-electron chi connectivity index (χ1n) is 8.18. The van der Waals surface area contributed by atoms with Crippen LogP contribution in [0.15, 0.2) is 46.3 Å². The molecule has 1 amide bonds. The molecule has 0 radical (unpaired) electrons. The van der Waals surface area contributed by atoms with Gasteiger partial charge in [-0.3, -0.25) is 4.79 Å². The number of rotatable bonds is 3. The number of halogens is 1. The molecule has 1 unspecified atom stereocenters. The molecule has 1 fully saturated rings. The molecule has 5 nitrogen and oxygen atoms in total. The first-order chi connectivity index (χ1) is 11.9. The van der Waals surface area contributed by atoms with Crippen molar-refractivity contribution in [2.24, 2.45) is 11.1 Å². The SMILES string of the molecule is CC1(C)CN(C(=O)c2ccc(Sc3ccccc3Cl)nn2)CCC1N. The number of aromatic nitrogens is 2. The van der Waals surface area contributed by atoms with Gasteiger partial charge in [-0.05, 0) is 36.1 Å². The van der Waals surface area contributed by atoms with E-state index in [2.05, 4.69) is 24.0 Å². The summed E-state index contributed by atoms with van der Waals surface area (Å²) in [6, 6.07) is 11.2. The number of nitrogens with zero attached hydrogens (tertiary/aromatic N) is 3. The Labute approximate surface area is 156 Å². The van der Waals surface area contributed by atoms with Gasteiger partial charge < -0.3 is 10.6 Å². The van der Waals surface area contributed by atoms with E-state index in [1.165, 1.54) is 11.8 Å². The zero-order chi connectivity index (χ0) is 18.0. The summed E-state index contributed by atoms with van der Waals surface area (Å²) in [5.74, 6) is -0.0956. The number of piperidine rings is 1. The second kappa shape index (κ2) is 7.32. The van der Waals surface area contributed by atoms with Crippen molar-refractivity contribution < 1.29 is 4.79 Å². The molecule has 1 aromatic carbocycles. The van der Waals surface area contributed by atoms with E-state index in [1.807, 2.05) is 29.2 Å². The molecular weight excluding hydrogens is 356 g/mol. The Morgan fingerprint density at radius 1 is 1.28 bits per heavy atom. The summed E-state index contributed by atoms with van der Waals surface area (Å²) in [6.45, 7) is 5.46. The third kappa shape index (κ3) is 4.14. The molecule has 1 aliphatic rings. The third-order valence-corrected chi connectivity index (χ3v) is 5.95. The van der Waals surface area contributed by atoms with Crippen LogP contribution in [0, 0.1) is 5.41 Å². The normalized spacial score (nSPS) is 19.7. The van der Waals surface area contributed by atoms with E-state index in [9.17, 15) is 4.79 Å². The van der Waals surface area contributed by atoms with Crippen LogP contribution in [0.2, 0.25) is 5.02 Å². The maximum absolute atomic E-state index is 12.7. The summed E-state index contributed by atoms with van der Waals surface area (Å²) < 4.78 is 0. The number of benzene rings is 1. The van der Waals surface area contributed by atoms with Crippen LogP contribution >= 0.6 is 23.4 Å². The van der Waals surface area contributed by atoms with Gasteiger partial charge in [-0.1, -0.05) is 49.3 Å². The summed E-state index contributed by atoms with van der Waals surface area (Å²) in [7, 11) is 0. The highest BCUT2D eigenvalue weighted by Gasteiger charge is 2.35. The fourth-order valence-corrected chi connectivity index (χ4v) is 3.84. The van der Waals surface area contributed by atoms with Crippen LogP contribution < -0.4 is 5.73 Å². The van der Waals surface area contributed by atoms with E-state index in [1.54, 1.807) is 12.1 Å². The quantitative estimate of drug-likeness (QED) is 0.887. The maximum Gasteiger partial charge on any atom is 0.274 e. The Hall–Kier alpha value is -1.63. The van der Waals surface area contributed by atoms with Gasteiger partial charge in [-0.2, -0.15) is 0 Å². The van der Waals surface area contributed by atoms with Crippen LogP contribution in [0.4, 0.5) is 0 Å². The van der Waals surface area contributed by atoms with Crippen molar-refractivity contribution in [2.45, 2.75) is 36.2 Å². The molecule has 3 rings (SSSR count). The van der Waals surface area contributed by atoms with Crippen molar-refractivity contribution in [3.8, 4) is 0 Å². The fraction of sp³-hybridized carbons (Fsp3) is 0.389. The van der Waals surface area contributed by atoms with E-state index < -0.39 is 0 Å². The van der Waals surface area contributed by atoms with Gasteiger partial charge in [0.2, 0.25) is 0 Å². The number of hydrogen-bond donors (Lipinski definition) is 1. The smallest absolute Gasteiger partial charge is 0.274 e. The van der Waals surface area contributed by atoms with Gasteiger partial charge in [-0.15, -0.1) is 10.2 Å². The van der Waals surface area contributed by atoms with Crippen molar-refractivity contribution in [1.29, 1.82) is 0 Å². The minimum Gasteiger partial charge on any atom is -0.337 e. The van der Waals surface area contributed by atoms with E-state index in [4.69, 9.17) is 17.3 Å². The number of carbonyl (C=O) groups excluding carboxylic acids is 1. The molecule has 2 heterocycles. The Morgan fingerprint density at radius 2 is 2.04 bits per heavy atom. The predicted molar refractivity (Wildman–Crippen MR) is 99.9 cm³/mol. The van der Waals surface area contributed by atoms with Gasteiger partial charge in [0.05, 0.1) is 5.02 Å². The average Bonchev–Trinajstić information content (AvgIpc) is 2.59. The molecule has 1 atom stereocenters. The maximum atomic E-state index is 12.7. The van der Waals surface area contributed by atoms with Crippen molar-refractivity contribution >= 4 is 29.3 Å². The second-order valence-electron chi connectivity index (χ2n) is 6.90. The molecule has 2 N–H and O–H groups in total. The minimum absolute atomic E-state index is 0.0956. The third-order valence-electron chi connectivity index (χ3n) is 4.51. The molecule has 0 spiro atoms.